The summed E-state index contributed by atoms with van der Waals surface area (Å²) in [7, 11) is 0. The number of nitrogens with zero attached hydrogens (tertiary/aromatic N) is 1. The van der Waals surface area contributed by atoms with Crippen molar-refractivity contribution in [3.05, 3.63) is 29.3 Å². The number of epoxide rings is 1. The normalized spacial score (nSPS) is 22.0. The first-order valence-corrected chi connectivity index (χ1v) is 7.78. The lowest BCUT2D eigenvalue weighted by molar-refractivity contribution is 0.284. The Balaban J connectivity index is 0.000000395. The highest BCUT2D eigenvalue weighted by atomic mass is 16.6. The number of aromatic hydroxyl groups is 1. The molecule has 4 nitrogen and oxygen atoms in total. The number of benzene rings is 1. The number of phenols is 1. The van der Waals surface area contributed by atoms with E-state index in [2.05, 4.69) is 18.8 Å². The van der Waals surface area contributed by atoms with Crippen LogP contribution in [0.2, 0.25) is 0 Å². The Kier molecular flexibility index (Phi) is 7.23. The van der Waals surface area contributed by atoms with Crippen LogP contribution in [-0.4, -0.2) is 36.4 Å². The summed E-state index contributed by atoms with van der Waals surface area (Å²) in [5.41, 5.74) is 1.67. The van der Waals surface area contributed by atoms with Crippen LogP contribution in [0.3, 0.4) is 0 Å². The second kappa shape index (κ2) is 8.67. The van der Waals surface area contributed by atoms with Crippen LogP contribution >= 0.6 is 0 Å². The van der Waals surface area contributed by atoms with Gasteiger partial charge >= 0.3 is 0 Å². The monoisotopic (exact) mass is 293 g/mol. The highest BCUT2D eigenvalue weighted by Crippen LogP contribution is 2.26. The molecule has 1 saturated heterocycles. The molecule has 0 aromatic heterocycles. The smallest absolute Gasteiger partial charge is 0.217 e. The van der Waals surface area contributed by atoms with E-state index >= 15 is 0 Å². The van der Waals surface area contributed by atoms with Gasteiger partial charge in [0.15, 0.2) is 0 Å². The predicted octanol–water partition coefficient (Wildman–Crippen LogP) is 3.69. The molecule has 0 amide bonds. The van der Waals surface area contributed by atoms with Gasteiger partial charge in [-0.2, -0.15) is 0 Å². The van der Waals surface area contributed by atoms with Crippen LogP contribution < -0.4 is 0 Å². The average Bonchev–Trinajstić information content (AvgIpc) is 3.23. The molecule has 1 aromatic rings. The van der Waals surface area contributed by atoms with Gasteiger partial charge in [0.05, 0.1) is 6.61 Å². The fourth-order valence-electron chi connectivity index (χ4n) is 1.86. The molecule has 1 aromatic carbocycles. The molecule has 21 heavy (non-hydrogen) atoms. The Morgan fingerprint density at radius 2 is 1.86 bits per heavy atom. The summed E-state index contributed by atoms with van der Waals surface area (Å²) in [6.45, 7) is 11.5. The third kappa shape index (κ3) is 4.74. The molecule has 1 fully saturated rings. The molecule has 4 heteroatoms. The van der Waals surface area contributed by atoms with Crippen LogP contribution in [0.1, 0.15) is 45.2 Å². The minimum atomic E-state index is 0.122. The lowest BCUT2D eigenvalue weighted by Gasteiger charge is -2.06. The zero-order valence-electron chi connectivity index (χ0n) is 13.7. The molecule has 0 bridgehead atoms. The van der Waals surface area contributed by atoms with E-state index in [0.717, 1.165) is 17.7 Å². The van der Waals surface area contributed by atoms with Gasteiger partial charge in [0.25, 0.3) is 0 Å². The van der Waals surface area contributed by atoms with Crippen molar-refractivity contribution in [1.29, 1.82) is 0 Å². The number of phenolic OH excluding ortho intramolecular Hbond substituents is 1. The molecule has 0 aliphatic carbocycles. The van der Waals surface area contributed by atoms with E-state index in [1.807, 2.05) is 26.8 Å². The largest absolute Gasteiger partial charge is 0.508 e. The van der Waals surface area contributed by atoms with Gasteiger partial charge in [-0.05, 0) is 19.1 Å². The second-order valence-electron chi connectivity index (χ2n) is 4.84. The van der Waals surface area contributed by atoms with E-state index in [-0.39, 0.29) is 17.9 Å². The lowest BCUT2D eigenvalue weighted by Crippen LogP contribution is -2.13. The zero-order valence-corrected chi connectivity index (χ0v) is 13.7. The van der Waals surface area contributed by atoms with Gasteiger partial charge in [-0.25, -0.2) is 4.99 Å². The summed E-state index contributed by atoms with van der Waals surface area (Å²) < 4.78 is 10.7. The fourth-order valence-corrected chi connectivity index (χ4v) is 1.86. The van der Waals surface area contributed by atoms with E-state index in [1.165, 1.54) is 6.42 Å². The van der Waals surface area contributed by atoms with E-state index in [0.29, 0.717) is 12.5 Å². The van der Waals surface area contributed by atoms with Crippen LogP contribution in [-0.2, 0) is 9.47 Å². The van der Waals surface area contributed by atoms with Crippen molar-refractivity contribution >= 4 is 5.90 Å². The summed E-state index contributed by atoms with van der Waals surface area (Å²) in [5, 5.41) is 9.61. The molecule has 2 unspecified atom stereocenters. The first kappa shape index (κ1) is 17.5. The van der Waals surface area contributed by atoms with Crippen LogP contribution in [0.25, 0.3) is 0 Å². The molecular formula is C17H27NO3. The van der Waals surface area contributed by atoms with Crippen LogP contribution in [0, 0.1) is 6.92 Å². The van der Waals surface area contributed by atoms with Gasteiger partial charge in [0.1, 0.15) is 24.5 Å². The van der Waals surface area contributed by atoms with Crippen LogP contribution in [0.5, 0.6) is 5.75 Å². The van der Waals surface area contributed by atoms with Crippen molar-refractivity contribution in [2.24, 2.45) is 4.99 Å². The van der Waals surface area contributed by atoms with Crippen LogP contribution in [0.4, 0.5) is 0 Å². The molecule has 2 heterocycles. The van der Waals surface area contributed by atoms with Crippen LogP contribution in [0.15, 0.2) is 23.2 Å². The van der Waals surface area contributed by atoms with E-state index in [9.17, 15) is 5.11 Å². The number of aliphatic imine (C=N–C) groups is 1. The molecule has 0 spiro atoms. The number of hydrogen-bond donors (Lipinski definition) is 1. The van der Waals surface area contributed by atoms with Gasteiger partial charge < -0.3 is 14.6 Å². The number of hydrogen-bond acceptors (Lipinski definition) is 4. The van der Waals surface area contributed by atoms with Crippen molar-refractivity contribution in [1.82, 2.24) is 0 Å². The molecule has 0 radical (unpaired) electrons. The topological polar surface area (TPSA) is 54.4 Å². The number of ether oxygens (including phenoxy) is 2. The first-order valence-electron chi connectivity index (χ1n) is 7.78. The quantitative estimate of drug-likeness (QED) is 0.846. The van der Waals surface area contributed by atoms with Gasteiger partial charge in [-0.3, -0.25) is 0 Å². The Morgan fingerprint density at radius 3 is 2.43 bits per heavy atom. The minimum absolute atomic E-state index is 0.122. The van der Waals surface area contributed by atoms with Gasteiger partial charge in [0.2, 0.25) is 5.90 Å². The predicted molar refractivity (Wildman–Crippen MR) is 86.2 cm³/mol. The fraction of sp³-hybridized carbons (Fsp3) is 0.588. The number of rotatable bonds is 2. The van der Waals surface area contributed by atoms with E-state index < -0.39 is 0 Å². The molecule has 3 rings (SSSR count). The van der Waals surface area contributed by atoms with Gasteiger partial charge in [-0.15, -0.1) is 0 Å². The third-order valence-corrected chi connectivity index (χ3v) is 3.00. The summed E-state index contributed by atoms with van der Waals surface area (Å²) in [5.74, 6) is 0.892. The molecule has 2 atom stereocenters. The van der Waals surface area contributed by atoms with E-state index in [4.69, 9.17) is 9.47 Å². The standard InChI is InChI=1S/C12H13NO3.C3H8.C2H6/c1-7-8(3-2-4-10(7)14)12-13-9(5-16-12)11-6-15-11;1-3-2;1-2/h2-4,9,11,14H,5-6H2,1H3;3H2,1-2H3;1-2H3. The highest BCUT2D eigenvalue weighted by molar-refractivity contribution is 5.97. The summed E-state index contributed by atoms with van der Waals surface area (Å²) in [6.07, 6.45) is 1.48. The zero-order chi connectivity index (χ0) is 15.8. The second-order valence-corrected chi connectivity index (χ2v) is 4.84. The van der Waals surface area contributed by atoms with Crippen molar-refractivity contribution in [3.63, 3.8) is 0 Å². The summed E-state index contributed by atoms with van der Waals surface area (Å²) in [4.78, 5) is 4.48. The Labute approximate surface area is 127 Å². The Bertz CT molecular complexity index is 467. The van der Waals surface area contributed by atoms with E-state index in [1.54, 1.807) is 12.1 Å². The molecule has 2 aliphatic heterocycles. The molecule has 1 N–H and O–H groups in total. The maximum Gasteiger partial charge on any atom is 0.217 e. The minimum Gasteiger partial charge on any atom is -0.508 e. The maximum absolute atomic E-state index is 9.61. The lowest BCUT2D eigenvalue weighted by atomic mass is 10.1. The average molecular weight is 293 g/mol. The Hall–Kier alpha value is -1.55. The first-order chi connectivity index (χ1) is 10.2. The van der Waals surface area contributed by atoms with Crippen molar-refractivity contribution < 1.29 is 14.6 Å². The molecule has 118 valence electrons. The van der Waals surface area contributed by atoms with Crippen molar-refractivity contribution in [2.45, 2.75) is 53.2 Å². The SMILES string of the molecule is CC.CCC.Cc1c(O)cccc1C1=NC(C2CO2)CO1. The van der Waals surface area contributed by atoms with Gasteiger partial charge in [-0.1, -0.05) is 40.2 Å². The summed E-state index contributed by atoms with van der Waals surface area (Å²) >= 11 is 0. The molecule has 2 aliphatic rings. The molecular weight excluding hydrogens is 266 g/mol. The highest BCUT2D eigenvalue weighted by Gasteiger charge is 2.37. The third-order valence-electron chi connectivity index (χ3n) is 3.00. The van der Waals surface area contributed by atoms with Crippen molar-refractivity contribution in [3.8, 4) is 5.75 Å². The summed E-state index contributed by atoms with van der Waals surface area (Å²) in [6, 6.07) is 5.49. The molecule has 0 saturated carbocycles. The van der Waals surface area contributed by atoms with Crippen molar-refractivity contribution in [2.75, 3.05) is 13.2 Å². The maximum atomic E-state index is 9.61. The van der Waals surface area contributed by atoms with Gasteiger partial charge in [0, 0.05) is 11.1 Å². The Morgan fingerprint density at radius 1 is 1.24 bits per heavy atom.